The van der Waals surface area contributed by atoms with E-state index in [9.17, 15) is 4.79 Å². The molecule has 2 aliphatic heterocycles. The van der Waals surface area contributed by atoms with Gasteiger partial charge in [0.25, 0.3) is 0 Å². The first-order valence-corrected chi connectivity index (χ1v) is 7.10. The van der Waals surface area contributed by atoms with Gasteiger partial charge in [-0.2, -0.15) is 0 Å². The molecule has 0 bridgehead atoms. The summed E-state index contributed by atoms with van der Waals surface area (Å²) in [5.41, 5.74) is 8.28. The van der Waals surface area contributed by atoms with Gasteiger partial charge in [-0.25, -0.2) is 0 Å². The monoisotopic (exact) mass is 295 g/mol. The van der Waals surface area contributed by atoms with Crippen molar-refractivity contribution in [3.05, 3.63) is 29.8 Å². The van der Waals surface area contributed by atoms with Crippen molar-refractivity contribution in [2.75, 3.05) is 31.1 Å². The van der Waals surface area contributed by atoms with Crippen LogP contribution in [0.1, 0.15) is 18.4 Å². The number of likely N-dealkylation sites (tertiary alicyclic amines) is 1. The number of benzene rings is 1. The molecule has 2 aliphatic rings. The third kappa shape index (κ3) is 3.14. The summed E-state index contributed by atoms with van der Waals surface area (Å²) in [6.07, 6.45) is 3.14. The second-order valence-corrected chi connectivity index (χ2v) is 5.56. The number of carbonyl (C=O) groups excluding carboxylic acids is 1. The van der Waals surface area contributed by atoms with Gasteiger partial charge in [0, 0.05) is 31.4 Å². The highest BCUT2D eigenvalue weighted by Crippen LogP contribution is 2.26. The zero-order valence-electron chi connectivity index (χ0n) is 11.6. The molecule has 1 fully saturated rings. The quantitative estimate of drug-likeness (QED) is 0.898. The SMILES string of the molecule is Cl.NC1CCN(CC(=O)N2CCCc3ccccc32)C1. The zero-order valence-corrected chi connectivity index (χ0v) is 12.4. The average Bonchev–Trinajstić information content (AvgIpc) is 2.83. The molecule has 110 valence electrons. The summed E-state index contributed by atoms with van der Waals surface area (Å²) in [5.74, 6) is 0.209. The lowest BCUT2D eigenvalue weighted by molar-refractivity contribution is -0.119. The minimum absolute atomic E-state index is 0. The van der Waals surface area contributed by atoms with Gasteiger partial charge in [-0.15, -0.1) is 12.4 Å². The molecule has 1 atom stereocenters. The van der Waals surface area contributed by atoms with E-state index in [0.717, 1.165) is 44.6 Å². The number of carbonyl (C=O) groups is 1. The number of hydrogen-bond acceptors (Lipinski definition) is 3. The van der Waals surface area contributed by atoms with Crippen molar-refractivity contribution in [2.24, 2.45) is 5.73 Å². The Bertz CT molecular complexity index is 480. The standard InChI is InChI=1S/C15H21N3O.ClH/c16-13-7-9-17(10-13)11-15(19)18-8-3-5-12-4-1-2-6-14(12)18;/h1-2,4,6,13H,3,5,7-11,16H2;1H. The van der Waals surface area contributed by atoms with Crippen molar-refractivity contribution < 1.29 is 4.79 Å². The Kier molecular flexibility index (Phi) is 5.02. The summed E-state index contributed by atoms with van der Waals surface area (Å²) in [6.45, 7) is 3.14. The van der Waals surface area contributed by atoms with Crippen molar-refractivity contribution in [2.45, 2.75) is 25.3 Å². The van der Waals surface area contributed by atoms with Crippen molar-refractivity contribution >= 4 is 24.0 Å². The predicted molar refractivity (Wildman–Crippen MR) is 83.4 cm³/mol. The molecule has 0 spiro atoms. The molecule has 20 heavy (non-hydrogen) atoms. The lowest BCUT2D eigenvalue weighted by Gasteiger charge is -2.30. The fraction of sp³-hybridized carbons (Fsp3) is 0.533. The number of amides is 1. The molecular weight excluding hydrogens is 274 g/mol. The molecule has 1 aromatic carbocycles. The second kappa shape index (κ2) is 6.57. The Morgan fingerprint density at radius 2 is 2.10 bits per heavy atom. The first-order chi connectivity index (χ1) is 9.24. The number of anilines is 1. The summed E-state index contributed by atoms with van der Waals surface area (Å²) < 4.78 is 0. The van der Waals surface area contributed by atoms with E-state index in [0.29, 0.717) is 6.54 Å². The van der Waals surface area contributed by atoms with Crippen LogP contribution in [0.25, 0.3) is 0 Å². The summed E-state index contributed by atoms with van der Waals surface area (Å²) >= 11 is 0. The molecule has 1 unspecified atom stereocenters. The number of para-hydroxylation sites is 1. The number of nitrogens with two attached hydrogens (primary N) is 1. The van der Waals surface area contributed by atoms with Crippen LogP contribution in [-0.4, -0.2) is 43.0 Å². The summed E-state index contributed by atoms with van der Waals surface area (Å²) in [7, 11) is 0. The third-order valence-electron chi connectivity index (χ3n) is 4.08. The molecule has 4 nitrogen and oxygen atoms in total. The van der Waals surface area contributed by atoms with Gasteiger partial charge in [0.05, 0.1) is 6.54 Å². The molecule has 2 N–H and O–H groups in total. The van der Waals surface area contributed by atoms with Crippen LogP contribution < -0.4 is 10.6 Å². The number of aryl methyl sites for hydroxylation is 1. The fourth-order valence-corrected chi connectivity index (χ4v) is 3.08. The summed E-state index contributed by atoms with van der Waals surface area (Å²) in [6, 6.07) is 8.48. The lowest BCUT2D eigenvalue weighted by atomic mass is 10.0. The largest absolute Gasteiger partial charge is 0.326 e. The first kappa shape index (κ1) is 15.3. The van der Waals surface area contributed by atoms with E-state index in [1.54, 1.807) is 0 Å². The summed E-state index contributed by atoms with van der Waals surface area (Å²) in [4.78, 5) is 16.6. The highest BCUT2D eigenvalue weighted by Gasteiger charge is 2.26. The highest BCUT2D eigenvalue weighted by atomic mass is 35.5. The van der Waals surface area contributed by atoms with E-state index < -0.39 is 0 Å². The van der Waals surface area contributed by atoms with Crippen molar-refractivity contribution in [3.63, 3.8) is 0 Å². The normalized spacial score (nSPS) is 22.2. The van der Waals surface area contributed by atoms with Crippen LogP contribution in [0.3, 0.4) is 0 Å². The van der Waals surface area contributed by atoms with Gasteiger partial charge in [0.2, 0.25) is 5.91 Å². The lowest BCUT2D eigenvalue weighted by Crippen LogP contribution is -2.42. The van der Waals surface area contributed by atoms with Crippen molar-refractivity contribution in [1.29, 1.82) is 0 Å². The van der Waals surface area contributed by atoms with Gasteiger partial charge < -0.3 is 10.6 Å². The van der Waals surface area contributed by atoms with E-state index >= 15 is 0 Å². The van der Waals surface area contributed by atoms with Gasteiger partial charge in [0.15, 0.2) is 0 Å². The first-order valence-electron chi connectivity index (χ1n) is 7.10. The Labute approximate surface area is 126 Å². The summed E-state index contributed by atoms with van der Waals surface area (Å²) in [5, 5.41) is 0. The fourth-order valence-electron chi connectivity index (χ4n) is 3.08. The molecule has 2 heterocycles. The maximum Gasteiger partial charge on any atom is 0.241 e. The van der Waals surface area contributed by atoms with Crippen LogP contribution >= 0.6 is 12.4 Å². The number of fused-ring (bicyclic) bond motifs is 1. The number of hydrogen-bond donors (Lipinski definition) is 1. The molecule has 5 heteroatoms. The molecule has 0 radical (unpaired) electrons. The van der Waals surface area contributed by atoms with Gasteiger partial charge in [-0.1, -0.05) is 18.2 Å². The van der Waals surface area contributed by atoms with E-state index in [-0.39, 0.29) is 24.4 Å². The van der Waals surface area contributed by atoms with E-state index in [2.05, 4.69) is 17.0 Å². The van der Waals surface area contributed by atoms with Gasteiger partial charge in [-0.3, -0.25) is 9.69 Å². The van der Waals surface area contributed by atoms with Crippen LogP contribution in [0, 0.1) is 0 Å². The second-order valence-electron chi connectivity index (χ2n) is 5.56. The molecule has 3 rings (SSSR count). The van der Waals surface area contributed by atoms with Crippen LogP contribution in [0.2, 0.25) is 0 Å². The van der Waals surface area contributed by atoms with Crippen LogP contribution in [0.4, 0.5) is 5.69 Å². The minimum Gasteiger partial charge on any atom is -0.326 e. The van der Waals surface area contributed by atoms with E-state index in [1.807, 2.05) is 17.0 Å². The topological polar surface area (TPSA) is 49.6 Å². The maximum absolute atomic E-state index is 12.5. The van der Waals surface area contributed by atoms with Crippen molar-refractivity contribution in [1.82, 2.24) is 4.90 Å². The van der Waals surface area contributed by atoms with Gasteiger partial charge in [-0.05, 0) is 30.9 Å². The van der Waals surface area contributed by atoms with Crippen LogP contribution in [0.15, 0.2) is 24.3 Å². The third-order valence-corrected chi connectivity index (χ3v) is 4.08. The molecule has 0 aromatic heterocycles. The molecule has 1 amide bonds. The Morgan fingerprint density at radius 3 is 2.85 bits per heavy atom. The number of nitrogens with zero attached hydrogens (tertiary/aromatic N) is 2. The van der Waals surface area contributed by atoms with Gasteiger partial charge in [0.1, 0.15) is 0 Å². The molecule has 0 saturated carbocycles. The smallest absolute Gasteiger partial charge is 0.241 e. The molecular formula is C15H22ClN3O. The molecule has 1 saturated heterocycles. The van der Waals surface area contributed by atoms with Crippen LogP contribution in [0.5, 0.6) is 0 Å². The van der Waals surface area contributed by atoms with E-state index in [1.165, 1.54) is 5.56 Å². The molecule has 1 aromatic rings. The molecule has 0 aliphatic carbocycles. The Balaban J connectivity index is 0.00000147. The van der Waals surface area contributed by atoms with Crippen LogP contribution in [-0.2, 0) is 11.2 Å². The number of rotatable bonds is 2. The van der Waals surface area contributed by atoms with Gasteiger partial charge >= 0.3 is 0 Å². The predicted octanol–water partition coefficient (Wildman–Crippen LogP) is 1.42. The maximum atomic E-state index is 12.5. The van der Waals surface area contributed by atoms with E-state index in [4.69, 9.17) is 5.73 Å². The average molecular weight is 296 g/mol. The van der Waals surface area contributed by atoms with Crippen molar-refractivity contribution in [3.8, 4) is 0 Å². The Hall–Kier alpha value is -1.10. The highest BCUT2D eigenvalue weighted by molar-refractivity contribution is 5.96. The number of halogens is 1. The Morgan fingerprint density at radius 1 is 1.30 bits per heavy atom. The zero-order chi connectivity index (χ0) is 13.2. The minimum atomic E-state index is 0.